The predicted molar refractivity (Wildman–Crippen MR) is 125 cm³/mol. The summed E-state index contributed by atoms with van der Waals surface area (Å²) in [6, 6.07) is 11.1. The highest BCUT2D eigenvalue weighted by molar-refractivity contribution is 6.06. The molecular weight excluding hydrogens is 436 g/mol. The molecule has 0 saturated carbocycles. The van der Waals surface area contributed by atoms with Gasteiger partial charge < -0.3 is 14.5 Å². The Hall–Kier alpha value is -4.27. The molecule has 9 nitrogen and oxygen atoms in total. The topological polar surface area (TPSA) is 116 Å². The molecule has 0 unspecified atom stereocenters. The Morgan fingerprint density at radius 2 is 1.82 bits per heavy atom. The number of carbonyl (C=O) groups is 3. The van der Waals surface area contributed by atoms with E-state index in [9.17, 15) is 14.4 Å². The van der Waals surface area contributed by atoms with Gasteiger partial charge in [0.1, 0.15) is 0 Å². The van der Waals surface area contributed by atoms with E-state index in [1.54, 1.807) is 30.8 Å². The number of carbonyl (C=O) groups excluding carboxylic acids is 3. The molecule has 1 N–H and O–H groups in total. The van der Waals surface area contributed by atoms with Gasteiger partial charge in [-0.25, -0.2) is 19.3 Å². The molecule has 0 fully saturated rings. The number of esters is 2. The quantitative estimate of drug-likeness (QED) is 0.328. The minimum Gasteiger partial charge on any atom is -0.465 e. The largest absolute Gasteiger partial charge is 0.465 e. The molecule has 9 heteroatoms. The minimum atomic E-state index is -0.664. The molecule has 0 spiro atoms. The van der Waals surface area contributed by atoms with Crippen LogP contribution in [0, 0.1) is 13.8 Å². The number of nitrogens with one attached hydrogen (secondary N) is 1. The van der Waals surface area contributed by atoms with Crippen molar-refractivity contribution in [3.63, 3.8) is 0 Å². The van der Waals surface area contributed by atoms with E-state index in [0.29, 0.717) is 40.1 Å². The Morgan fingerprint density at radius 1 is 1.09 bits per heavy atom. The van der Waals surface area contributed by atoms with Crippen molar-refractivity contribution >= 4 is 28.8 Å². The zero-order chi connectivity index (χ0) is 24.4. The molecule has 1 aromatic carbocycles. The molecular formula is C25H24N4O5. The lowest BCUT2D eigenvalue weighted by Crippen LogP contribution is -2.16. The second-order valence-corrected chi connectivity index (χ2v) is 7.73. The number of hydrogen-bond acceptors (Lipinski definition) is 7. The first kappa shape index (κ1) is 22.9. The molecule has 3 aromatic heterocycles. The number of ether oxygens (including phenoxy) is 2. The summed E-state index contributed by atoms with van der Waals surface area (Å²) in [5.74, 6) is -1.66. The lowest BCUT2D eigenvalue weighted by molar-refractivity contribution is 0.0475. The van der Waals surface area contributed by atoms with E-state index in [1.807, 2.05) is 37.3 Å². The van der Waals surface area contributed by atoms with Crippen molar-refractivity contribution in [1.29, 1.82) is 0 Å². The van der Waals surface area contributed by atoms with Crippen molar-refractivity contribution in [2.45, 2.75) is 27.3 Å². The van der Waals surface area contributed by atoms with Crippen molar-refractivity contribution in [3.05, 3.63) is 70.7 Å². The molecule has 0 bridgehead atoms. The molecule has 3 heterocycles. The van der Waals surface area contributed by atoms with Gasteiger partial charge >= 0.3 is 11.9 Å². The summed E-state index contributed by atoms with van der Waals surface area (Å²) in [5, 5.41) is 4.85. The molecule has 0 amide bonds. The summed E-state index contributed by atoms with van der Waals surface area (Å²) in [6.45, 7) is 5.33. The molecule has 0 aliphatic carbocycles. The van der Waals surface area contributed by atoms with Gasteiger partial charge in [0.15, 0.2) is 12.3 Å². The average Bonchev–Trinajstić information content (AvgIpc) is 3.41. The number of nitrogens with zero attached hydrogens (tertiary/aromatic N) is 3. The van der Waals surface area contributed by atoms with Crippen molar-refractivity contribution in [1.82, 2.24) is 19.7 Å². The summed E-state index contributed by atoms with van der Waals surface area (Å²) in [7, 11) is 1.28. The Labute approximate surface area is 195 Å². The van der Waals surface area contributed by atoms with Gasteiger partial charge in [0.25, 0.3) is 0 Å². The number of methoxy groups -OCH3 is 1. The highest BCUT2D eigenvalue weighted by atomic mass is 16.5. The molecule has 0 saturated heterocycles. The van der Waals surface area contributed by atoms with Crippen LogP contribution < -0.4 is 0 Å². The first-order chi connectivity index (χ1) is 16.3. The van der Waals surface area contributed by atoms with Crippen LogP contribution in [0.5, 0.6) is 0 Å². The third-order valence-corrected chi connectivity index (χ3v) is 5.64. The third kappa shape index (κ3) is 4.07. The van der Waals surface area contributed by atoms with Crippen LogP contribution in [0.15, 0.2) is 42.6 Å². The minimum absolute atomic E-state index is 0.203. The fourth-order valence-corrected chi connectivity index (χ4v) is 3.92. The van der Waals surface area contributed by atoms with Crippen LogP contribution in [-0.4, -0.2) is 51.2 Å². The number of hydrogen-bond donors (Lipinski definition) is 1. The van der Waals surface area contributed by atoms with Crippen LogP contribution in [-0.2, 0) is 16.0 Å². The van der Waals surface area contributed by atoms with Gasteiger partial charge in [-0.05, 0) is 32.4 Å². The van der Waals surface area contributed by atoms with Crippen LogP contribution in [0.25, 0.3) is 22.3 Å². The molecule has 4 aromatic rings. The highest BCUT2D eigenvalue weighted by Crippen LogP contribution is 2.26. The Kier molecular flexibility index (Phi) is 6.27. The van der Waals surface area contributed by atoms with Gasteiger partial charge in [0, 0.05) is 17.8 Å². The molecule has 0 radical (unpaired) electrons. The molecule has 0 atom stereocenters. The van der Waals surface area contributed by atoms with Crippen molar-refractivity contribution in [2.24, 2.45) is 0 Å². The van der Waals surface area contributed by atoms with Crippen LogP contribution in [0.2, 0.25) is 0 Å². The van der Waals surface area contributed by atoms with Crippen LogP contribution in [0.1, 0.15) is 49.4 Å². The van der Waals surface area contributed by atoms with E-state index in [0.717, 1.165) is 5.56 Å². The fraction of sp³-hybridized carbons (Fsp3) is 0.240. The van der Waals surface area contributed by atoms with Crippen LogP contribution in [0.4, 0.5) is 0 Å². The number of Topliss-reactive ketones (excluding diaryl/α,β-unsaturated/α-hetero) is 1. The highest BCUT2D eigenvalue weighted by Gasteiger charge is 2.24. The van der Waals surface area contributed by atoms with Crippen LogP contribution in [0.3, 0.4) is 0 Å². The third-order valence-electron chi connectivity index (χ3n) is 5.64. The van der Waals surface area contributed by atoms with Gasteiger partial charge in [-0.3, -0.25) is 4.79 Å². The number of benzene rings is 1. The summed E-state index contributed by atoms with van der Waals surface area (Å²) in [5.41, 5.74) is 3.72. The second kappa shape index (κ2) is 9.30. The number of H-pyrrole nitrogens is 1. The monoisotopic (exact) mass is 460 g/mol. The normalized spacial score (nSPS) is 10.9. The second-order valence-electron chi connectivity index (χ2n) is 7.73. The fourth-order valence-electron chi connectivity index (χ4n) is 3.92. The first-order valence-electron chi connectivity index (χ1n) is 10.8. The van der Waals surface area contributed by atoms with E-state index in [-0.39, 0.29) is 11.3 Å². The SMILES string of the molecule is CCn1ncc2c(C(=O)OCC(=O)c3[nH]c(C)c(C(=O)OC)c3C)cc(-c3ccccc3)nc21. The number of aromatic nitrogens is 4. The Bertz CT molecular complexity index is 1400. The summed E-state index contributed by atoms with van der Waals surface area (Å²) < 4.78 is 11.9. The predicted octanol–water partition coefficient (Wildman–Crippen LogP) is 3.89. The number of ketones is 1. The molecule has 174 valence electrons. The van der Waals surface area contributed by atoms with E-state index >= 15 is 0 Å². The smallest absolute Gasteiger partial charge is 0.339 e. The van der Waals surface area contributed by atoms with Crippen molar-refractivity contribution in [2.75, 3.05) is 13.7 Å². The maximum absolute atomic E-state index is 13.1. The van der Waals surface area contributed by atoms with Gasteiger partial charge in [-0.1, -0.05) is 30.3 Å². The number of aromatic amines is 1. The number of rotatable bonds is 7. The van der Waals surface area contributed by atoms with Gasteiger partial charge in [-0.2, -0.15) is 5.10 Å². The van der Waals surface area contributed by atoms with Gasteiger partial charge in [0.05, 0.1) is 41.2 Å². The van der Waals surface area contributed by atoms with Gasteiger partial charge in [0.2, 0.25) is 5.78 Å². The van der Waals surface area contributed by atoms with E-state index in [2.05, 4.69) is 15.1 Å². The van der Waals surface area contributed by atoms with E-state index < -0.39 is 24.3 Å². The Balaban J connectivity index is 1.63. The van der Waals surface area contributed by atoms with Crippen molar-refractivity contribution < 1.29 is 23.9 Å². The molecule has 4 rings (SSSR count). The molecule has 34 heavy (non-hydrogen) atoms. The lowest BCUT2D eigenvalue weighted by atomic mass is 10.1. The van der Waals surface area contributed by atoms with Gasteiger partial charge in [-0.15, -0.1) is 0 Å². The zero-order valence-electron chi connectivity index (χ0n) is 19.3. The number of aryl methyl sites for hydroxylation is 2. The average molecular weight is 460 g/mol. The first-order valence-corrected chi connectivity index (χ1v) is 10.8. The molecule has 0 aliphatic heterocycles. The van der Waals surface area contributed by atoms with Crippen LogP contribution >= 0.6 is 0 Å². The molecule has 0 aliphatic rings. The standard InChI is InChI=1S/C25H24N4O5/c1-5-29-23-18(12-26-29)17(11-19(28-23)16-9-7-6-8-10-16)24(31)34-13-20(30)22-14(2)21(15(3)27-22)25(32)33-4/h6-12,27H,5,13H2,1-4H3. The summed E-state index contributed by atoms with van der Waals surface area (Å²) in [4.78, 5) is 45.4. The van der Waals surface area contributed by atoms with E-state index in [1.165, 1.54) is 7.11 Å². The maximum Gasteiger partial charge on any atom is 0.339 e. The Morgan fingerprint density at radius 3 is 2.50 bits per heavy atom. The number of pyridine rings is 1. The zero-order valence-corrected chi connectivity index (χ0v) is 19.3. The van der Waals surface area contributed by atoms with Crippen molar-refractivity contribution in [3.8, 4) is 11.3 Å². The summed E-state index contributed by atoms with van der Waals surface area (Å²) in [6.07, 6.45) is 1.57. The lowest BCUT2D eigenvalue weighted by Gasteiger charge is -2.09. The maximum atomic E-state index is 13.1. The van der Waals surface area contributed by atoms with E-state index in [4.69, 9.17) is 9.47 Å². The summed E-state index contributed by atoms with van der Waals surface area (Å²) >= 11 is 0. The number of fused-ring (bicyclic) bond motifs is 1.